The Morgan fingerprint density at radius 2 is 1.59 bits per heavy atom. The molecule has 0 amide bonds. The average Bonchev–Trinajstić information content (AvgIpc) is 2.59. The second-order valence-corrected chi connectivity index (χ2v) is 5.32. The van der Waals surface area contributed by atoms with Gasteiger partial charge in [0.2, 0.25) is 0 Å². The fourth-order valence-corrected chi connectivity index (χ4v) is 2.69. The van der Waals surface area contributed by atoms with Crippen molar-refractivity contribution in [1.82, 2.24) is 4.90 Å². The van der Waals surface area contributed by atoms with E-state index < -0.39 is 0 Å². The van der Waals surface area contributed by atoms with Gasteiger partial charge >= 0.3 is 0 Å². The highest BCUT2D eigenvalue weighted by Crippen LogP contribution is 2.22. The van der Waals surface area contributed by atoms with Gasteiger partial charge in [-0.2, -0.15) is 0 Å². The van der Waals surface area contributed by atoms with E-state index in [2.05, 4.69) is 43.0 Å². The molecule has 0 radical (unpaired) electrons. The van der Waals surface area contributed by atoms with Gasteiger partial charge in [-0.05, 0) is 36.3 Å². The van der Waals surface area contributed by atoms with E-state index in [-0.39, 0.29) is 6.04 Å². The number of nitrogens with two attached hydrogens (primary N) is 1. The molecule has 3 heteroatoms. The first-order chi connectivity index (χ1) is 10.8. The predicted molar refractivity (Wildman–Crippen MR) is 91.9 cm³/mol. The molecule has 22 heavy (non-hydrogen) atoms. The molecule has 2 aromatic carbocycles. The van der Waals surface area contributed by atoms with Crippen LogP contribution in [0.2, 0.25) is 0 Å². The maximum atomic E-state index is 5.96. The summed E-state index contributed by atoms with van der Waals surface area (Å²) in [6.07, 6.45) is 0. The Balaban J connectivity index is 2.00. The van der Waals surface area contributed by atoms with E-state index >= 15 is 0 Å². The lowest BCUT2D eigenvalue weighted by Crippen LogP contribution is -2.33. The highest BCUT2D eigenvalue weighted by molar-refractivity contribution is 5.30. The van der Waals surface area contributed by atoms with E-state index in [4.69, 9.17) is 10.5 Å². The molecule has 118 valence electrons. The van der Waals surface area contributed by atoms with Gasteiger partial charge in [-0.3, -0.25) is 4.90 Å². The highest BCUT2D eigenvalue weighted by Gasteiger charge is 2.15. The molecular formula is C19H26N2O. The van der Waals surface area contributed by atoms with Crippen molar-refractivity contribution in [3.8, 4) is 5.75 Å². The van der Waals surface area contributed by atoms with Crippen molar-refractivity contribution in [3.63, 3.8) is 0 Å². The Kier molecular flexibility index (Phi) is 6.44. The number of hydrogen-bond donors (Lipinski definition) is 1. The van der Waals surface area contributed by atoms with E-state index in [0.29, 0.717) is 13.2 Å². The lowest BCUT2D eigenvalue weighted by atomic mass is 10.1. The van der Waals surface area contributed by atoms with Gasteiger partial charge in [-0.25, -0.2) is 0 Å². The molecule has 0 fully saturated rings. The molecule has 0 aliphatic heterocycles. The zero-order chi connectivity index (χ0) is 15.8. The number of rotatable bonds is 8. The van der Waals surface area contributed by atoms with Gasteiger partial charge in [0.25, 0.3) is 0 Å². The molecule has 0 aliphatic carbocycles. The minimum atomic E-state index is 0.276. The number of hydrogen-bond acceptors (Lipinski definition) is 3. The normalized spacial score (nSPS) is 12.4. The second-order valence-electron chi connectivity index (χ2n) is 5.32. The molecule has 2 aromatic rings. The van der Waals surface area contributed by atoms with Crippen LogP contribution in [0.1, 0.15) is 31.0 Å². The standard InChI is InChI=1S/C19H26N2O/c1-3-21(4-2)19(14-20)17-10-12-18(13-11-17)22-15-16-8-6-5-7-9-16/h5-13,19H,3-4,14-15,20H2,1-2H3. The minimum Gasteiger partial charge on any atom is -0.489 e. The third kappa shape index (κ3) is 4.33. The van der Waals surface area contributed by atoms with Crippen LogP contribution in [0.15, 0.2) is 54.6 Å². The first-order valence-corrected chi connectivity index (χ1v) is 7.99. The van der Waals surface area contributed by atoms with Crippen LogP contribution in [0.3, 0.4) is 0 Å². The molecule has 0 bridgehead atoms. The van der Waals surface area contributed by atoms with Gasteiger partial charge < -0.3 is 10.5 Å². The SMILES string of the molecule is CCN(CC)C(CN)c1ccc(OCc2ccccc2)cc1. The molecule has 0 heterocycles. The van der Waals surface area contributed by atoms with Crippen molar-refractivity contribution in [2.45, 2.75) is 26.5 Å². The third-order valence-corrected chi connectivity index (χ3v) is 3.99. The Morgan fingerprint density at radius 3 is 2.14 bits per heavy atom. The summed E-state index contributed by atoms with van der Waals surface area (Å²) in [5.41, 5.74) is 8.38. The number of benzene rings is 2. The van der Waals surface area contributed by atoms with Crippen LogP contribution < -0.4 is 10.5 Å². The first kappa shape index (κ1) is 16.5. The fourth-order valence-electron chi connectivity index (χ4n) is 2.69. The molecule has 0 spiro atoms. The van der Waals surface area contributed by atoms with Crippen molar-refractivity contribution in [1.29, 1.82) is 0 Å². The molecule has 3 nitrogen and oxygen atoms in total. The molecular weight excluding hydrogens is 272 g/mol. The van der Waals surface area contributed by atoms with Gasteiger partial charge in [0.05, 0.1) is 0 Å². The highest BCUT2D eigenvalue weighted by atomic mass is 16.5. The molecule has 0 aliphatic rings. The van der Waals surface area contributed by atoms with E-state index in [0.717, 1.165) is 18.8 Å². The molecule has 0 saturated heterocycles. The van der Waals surface area contributed by atoms with E-state index in [1.807, 2.05) is 30.3 Å². The largest absolute Gasteiger partial charge is 0.489 e. The van der Waals surface area contributed by atoms with Crippen molar-refractivity contribution in [2.75, 3.05) is 19.6 Å². The van der Waals surface area contributed by atoms with Gasteiger partial charge in [0, 0.05) is 12.6 Å². The van der Waals surface area contributed by atoms with E-state index in [1.165, 1.54) is 11.1 Å². The minimum absolute atomic E-state index is 0.276. The Hall–Kier alpha value is -1.84. The molecule has 0 aromatic heterocycles. The Morgan fingerprint density at radius 1 is 0.955 bits per heavy atom. The van der Waals surface area contributed by atoms with Crippen LogP contribution in [0, 0.1) is 0 Å². The second kappa shape index (κ2) is 8.57. The van der Waals surface area contributed by atoms with Crippen LogP contribution in [0.4, 0.5) is 0 Å². The average molecular weight is 298 g/mol. The number of ether oxygens (including phenoxy) is 1. The van der Waals surface area contributed by atoms with E-state index in [9.17, 15) is 0 Å². The Bertz CT molecular complexity index is 535. The molecule has 2 rings (SSSR count). The quantitative estimate of drug-likeness (QED) is 0.809. The van der Waals surface area contributed by atoms with E-state index in [1.54, 1.807) is 0 Å². The third-order valence-electron chi connectivity index (χ3n) is 3.99. The molecule has 1 unspecified atom stereocenters. The smallest absolute Gasteiger partial charge is 0.119 e. The summed E-state index contributed by atoms with van der Waals surface area (Å²) in [4.78, 5) is 2.37. The van der Waals surface area contributed by atoms with Gasteiger partial charge in [0.1, 0.15) is 12.4 Å². The number of likely N-dealkylation sites (N-methyl/N-ethyl adjacent to an activating group) is 1. The maximum Gasteiger partial charge on any atom is 0.119 e. The topological polar surface area (TPSA) is 38.5 Å². The molecule has 2 N–H and O–H groups in total. The summed E-state index contributed by atoms with van der Waals surface area (Å²) < 4.78 is 5.83. The number of nitrogens with zero attached hydrogens (tertiary/aromatic N) is 1. The lowest BCUT2D eigenvalue weighted by molar-refractivity contribution is 0.224. The summed E-state index contributed by atoms with van der Waals surface area (Å²) >= 11 is 0. The summed E-state index contributed by atoms with van der Waals surface area (Å²) in [6.45, 7) is 7.57. The van der Waals surface area contributed by atoms with Gasteiger partial charge in [-0.1, -0.05) is 56.3 Å². The summed E-state index contributed by atoms with van der Waals surface area (Å²) in [5.74, 6) is 0.892. The van der Waals surface area contributed by atoms with Crippen LogP contribution >= 0.6 is 0 Å². The fraction of sp³-hybridized carbons (Fsp3) is 0.368. The van der Waals surface area contributed by atoms with Crippen LogP contribution in [0.25, 0.3) is 0 Å². The predicted octanol–water partition coefficient (Wildman–Crippen LogP) is 3.61. The Labute approximate surface area is 133 Å². The van der Waals surface area contributed by atoms with Crippen LogP contribution in [-0.2, 0) is 6.61 Å². The van der Waals surface area contributed by atoms with Crippen LogP contribution in [0.5, 0.6) is 5.75 Å². The summed E-state index contributed by atoms with van der Waals surface area (Å²) in [6, 6.07) is 18.8. The lowest BCUT2D eigenvalue weighted by Gasteiger charge is -2.29. The monoisotopic (exact) mass is 298 g/mol. The summed E-state index contributed by atoms with van der Waals surface area (Å²) in [7, 11) is 0. The van der Waals surface area contributed by atoms with Crippen molar-refractivity contribution < 1.29 is 4.74 Å². The van der Waals surface area contributed by atoms with Crippen molar-refractivity contribution in [2.24, 2.45) is 5.73 Å². The molecule has 1 atom stereocenters. The van der Waals surface area contributed by atoms with Gasteiger partial charge in [-0.15, -0.1) is 0 Å². The first-order valence-electron chi connectivity index (χ1n) is 7.99. The van der Waals surface area contributed by atoms with Crippen molar-refractivity contribution in [3.05, 3.63) is 65.7 Å². The maximum absolute atomic E-state index is 5.96. The van der Waals surface area contributed by atoms with Gasteiger partial charge in [0.15, 0.2) is 0 Å². The zero-order valence-electron chi connectivity index (χ0n) is 13.5. The summed E-state index contributed by atoms with van der Waals surface area (Å²) in [5, 5.41) is 0. The van der Waals surface area contributed by atoms with Crippen LogP contribution in [-0.4, -0.2) is 24.5 Å². The molecule has 0 saturated carbocycles. The van der Waals surface area contributed by atoms with Crippen molar-refractivity contribution >= 4 is 0 Å². The zero-order valence-corrected chi connectivity index (χ0v) is 13.5.